The van der Waals surface area contributed by atoms with Gasteiger partial charge in [-0.2, -0.15) is 0 Å². The maximum Gasteiger partial charge on any atom is 0.222 e. The molecule has 6 nitrogen and oxygen atoms in total. The number of amides is 1. The lowest BCUT2D eigenvalue weighted by Crippen LogP contribution is -2.52. The van der Waals surface area contributed by atoms with E-state index < -0.39 is 0 Å². The molecule has 3 heterocycles. The largest absolute Gasteiger partial charge is 0.385 e. The fourth-order valence-corrected chi connectivity index (χ4v) is 3.94. The summed E-state index contributed by atoms with van der Waals surface area (Å²) in [5.74, 6) is 1.34. The smallest absolute Gasteiger partial charge is 0.222 e. The van der Waals surface area contributed by atoms with Crippen LogP contribution in [0.5, 0.6) is 0 Å². The average molecular weight is 332 g/mol. The SMILES string of the molecule is COCCCN1CC2(CCC1=O)CCN(c1cc(C)ncn1)CC2. The number of nitrogens with zero attached hydrogens (tertiary/aromatic N) is 4. The molecule has 0 atom stereocenters. The number of likely N-dealkylation sites (tertiary alicyclic amines) is 1. The van der Waals surface area contributed by atoms with Gasteiger partial charge in [-0.15, -0.1) is 0 Å². The first-order chi connectivity index (χ1) is 11.6. The Bertz CT molecular complexity index is 570. The fourth-order valence-electron chi connectivity index (χ4n) is 3.94. The highest BCUT2D eigenvalue weighted by molar-refractivity contribution is 5.77. The molecule has 0 bridgehead atoms. The standard InChI is InChI=1S/C18H28N4O2/c1-15-12-16(20-14-19-15)21-9-6-18(7-10-21)5-4-17(23)22(13-18)8-3-11-24-2/h12,14H,3-11,13H2,1-2H3. The number of piperidine rings is 2. The van der Waals surface area contributed by atoms with Crippen molar-refractivity contribution in [2.45, 2.75) is 39.0 Å². The molecule has 1 spiro atoms. The molecular formula is C18H28N4O2. The molecule has 2 aliphatic heterocycles. The van der Waals surface area contributed by atoms with Gasteiger partial charge in [0.05, 0.1) is 0 Å². The van der Waals surface area contributed by atoms with Crippen molar-refractivity contribution >= 4 is 11.7 Å². The summed E-state index contributed by atoms with van der Waals surface area (Å²) in [5, 5.41) is 0. The Morgan fingerprint density at radius 3 is 2.75 bits per heavy atom. The van der Waals surface area contributed by atoms with E-state index in [1.807, 2.05) is 6.92 Å². The lowest BCUT2D eigenvalue weighted by molar-refractivity contribution is -0.138. The molecule has 2 saturated heterocycles. The molecule has 0 radical (unpaired) electrons. The Morgan fingerprint density at radius 1 is 1.25 bits per heavy atom. The van der Waals surface area contributed by atoms with Gasteiger partial charge in [0.1, 0.15) is 12.1 Å². The topological polar surface area (TPSA) is 58.6 Å². The van der Waals surface area contributed by atoms with E-state index in [9.17, 15) is 4.79 Å². The molecule has 6 heteroatoms. The molecule has 2 fully saturated rings. The van der Waals surface area contributed by atoms with Crippen LogP contribution in [0.4, 0.5) is 5.82 Å². The molecule has 0 aliphatic carbocycles. The molecule has 0 aromatic carbocycles. The minimum atomic E-state index is 0.291. The third-order valence-corrected chi connectivity index (χ3v) is 5.46. The van der Waals surface area contributed by atoms with Gasteiger partial charge in [-0.05, 0) is 38.0 Å². The van der Waals surface area contributed by atoms with Crippen LogP contribution in [0.3, 0.4) is 0 Å². The van der Waals surface area contributed by atoms with Gasteiger partial charge in [-0.3, -0.25) is 4.79 Å². The van der Waals surface area contributed by atoms with Crippen molar-refractivity contribution in [1.82, 2.24) is 14.9 Å². The Balaban J connectivity index is 1.59. The van der Waals surface area contributed by atoms with Crippen molar-refractivity contribution in [1.29, 1.82) is 0 Å². The van der Waals surface area contributed by atoms with Crippen LogP contribution in [-0.2, 0) is 9.53 Å². The Hall–Kier alpha value is -1.69. The zero-order valence-electron chi connectivity index (χ0n) is 14.8. The highest BCUT2D eigenvalue weighted by Crippen LogP contribution is 2.40. The summed E-state index contributed by atoms with van der Waals surface area (Å²) in [7, 11) is 1.71. The summed E-state index contributed by atoms with van der Waals surface area (Å²) in [4.78, 5) is 25.2. The molecule has 0 N–H and O–H groups in total. The minimum absolute atomic E-state index is 0.291. The van der Waals surface area contributed by atoms with Crippen LogP contribution in [-0.4, -0.2) is 60.7 Å². The summed E-state index contributed by atoms with van der Waals surface area (Å²) >= 11 is 0. The summed E-state index contributed by atoms with van der Waals surface area (Å²) in [6.07, 6.45) is 6.55. The Morgan fingerprint density at radius 2 is 2.04 bits per heavy atom. The monoisotopic (exact) mass is 332 g/mol. The van der Waals surface area contributed by atoms with E-state index >= 15 is 0 Å². The summed E-state index contributed by atoms with van der Waals surface area (Å²) < 4.78 is 5.12. The summed E-state index contributed by atoms with van der Waals surface area (Å²) in [6.45, 7) is 6.47. The lowest BCUT2D eigenvalue weighted by Gasteiger charge is -2.47. The quantitative estimate of drug-likeness (QED) is 0.772. The zero-order chi connectivity index (χ0) is 17.0. The molecule has 1 aromatic heterocycles. The van der Waals surface area contributed by atoms with Crippen molar-refractivity contribution in [3.63, 3.8) is 0 Å². The first-order valence-electron chi connectivity index (χ1n) is 8.92. The van der Waals surface area contributed by atoms with Gasteiger partial charge in [0.15, 0.2) is 0 Å². The van der Waals surface area contributed by atoms with Crippen molar-refractivity contribution in [2.24, 2.45) is 5.41 Å². The molecule has 1 amide bonds. The van der Waals surface area contributed by atoms with Gasteiger partial charge in [0, 0.05) is 58.1 Å². The second-order valence-electron chi connectivity index (χ2n) is 7.17. The van der Waals surface area contributed by atoms with Crippen LogP contribution >= 0.6 is 0 Å². The predicted octanol–water partition coefficient (Wildman–Crippen LogP) is 2.03. The maximum atomic E-state index is 12.2. The van der Waals surface area contributed by atoms with E-state index in [4.69, 9.17) is 4.74 Å². The van der Waals surface area contributed by atoms with Gasteiger partial charge in [-0.25, -0.2) is 9.97 Å². The molecule has 3 rings (SSSR count). The van der Waals surface area contributed by atoms with Gasteiger partial charge in [0.25, 0.3) is 0 Å². The highest BCUT2D eigenvalue weighted by Gasteiger charge is 2.40. The van der Waals surface area contributed by atoms with E-state index in [0.717, 1.165) is 70.0 Å². The van der Waals surface area contributed by atoms with Crippen molar-refractivity contribution in [3.05, 3.63) is 18.1 Å². The second kappa shape index (κ2) is 7.47. The van der Waals surface area contributed by atoms with E-state index in [2.05, 4.69) is 25.8 Å². The number of ether oxygens (including phenoxy) is 1. The van der Waals surface area contributed by atoms with Crippen LogP contribution < -0.4 is 4.90 Å². The third kappa shape index (κ3) is 3.86. The van der Waals surface area contributed by atoms with Gasteiger partial charge >= 0.3 is 0 Å². The maximum absolute atomic E-state index is 12.2. The van der Waals surface area contributed by atoms with Gasteiger partial charge < -0.3 is 14.5 Å². The molecular weight excluding hydrogens is 304 g/mol. The number of hydrogen-bond donors (Lipinski definition) is 0. The van der Waals surface area contributed by atoms with Crippen LogP contribution in [0.25, 0.3) is 0 Å². The van der Waals surface area contributed by atoms with E-state index in [-0.39, 0.29) is 0 Å². The van der Waals surface area contributed by atoms with E-state index in [1.54, 1.807) is 13.4 Å². The highest BCUT2D eigenvalue weighted by atomic mass is 16.5. The average Bonchev–Trinajstić information content (AvgIpc) is 2.59. The van der Waals surface area contributed by atoms with Gasteiger partial charge in [-0.1, -0.05) is 0 Å². The lowest BCUT2D eigenvalue weighted by atomic mass is 9.72. The number of carbonyl (C=O) groups excluding carboxylic acids is 1. The molecule has 0 unspecified atom stereocenters. The number of carbonyl (C=O) groups is 1. The fraction of sp³-hybridized carbons (Fsp3) is 0.722. The minimum Gasteiger partial charge on any atom is -0.385 e. The van der Waals surface area contributed by atoms with Gasteiger partial charge in [0.2, 0.25) is 5.91 Å². The molecule has 2 aliphatic rings. The van der Waals surface area contributed by atoms with Crippen LogP contribution in [0.1, 0.15) is 37.8 Å². The second-order valence-corrected chi connectivity index (χ2v) is 7.17. The summed E-state index contributed by atoms with van der Waals surface area (Å²) in [5.41, 5.74) is 1.30. The van der Waals surface area contributed by atoms with Crippen LogP contribution in [0.2, 0.25) is 0 Å². The van der Waals surface area contributed by atoms with E-state index in [1.165, 1.54) is 0 Å². The number of hydrogen-bond acceptors (Lipinski definition) is 5. The summed E-state index contributed by atoms with van der Waals surface area (Å²) in [6, 6.07) is 2.06. The first kappa shape index (κ1) is 17.1. The normalized spacial score (nSPS) is 20.7. The number of methoxy groups -OCH3 is 1. The predicted molar refractivity (Wildman–Crippen MR) is 93.0 cm³/mol. The molecule has 0 saturated carbocycles. The van der Waals surface area contributed by atoms with Crippen molar-refractivity contribution in [3.8, 4) is 0 Å². The number of anilines is 1. The number of aromatic nitrogens is 2. The Labute approximate surface area is 144 Å². The van der Waals surface area contributed by atoms with Crippen LogP contribution in [0, 0.1) is 12.3 Å². The van der Waals surface area contributed by atoms with Crippen LogP contribution in [0.15, 0.2) is 12.4 Å². The number of rotatable bonds is 5. The number of aryl methyl sites for hydroxylation is 1. The van der Waals surface area contributed by atoms with Crippen molar-refractivity contribution in [2.75, 3.05) is 44.8 Å². The zero-order valence-corrected chi connectivity index (χ0v) is 14.8. The molecule has 1 aromatic rings. The molecule has 24 heavy (non-hydrogen) atoms. The third-order valence-electron chi connectivity index (χ3n) is 5.46. The Kier molecular flexibility index (Phi) is 5.33. The van der Waals surface area contributed by atoms with E-state index in [0.29, 0.717) is 17.7 Å². The van der Waals surface area contributed by atoms with Crippen molar-refractivity contribution < 1.29 is 9.53 Å². The molecule has 132 valence electrons. The first-order valence-corrected chi connectivity index (χ1v) is 8.92.